The molecule has 0 bridgehead atoms. The van der Waals surface area contributed by atoms with Crippen LogP contribution in [0, 0.1) is 19.6 Å². The summed E-state index contributed by atoms with van der Waals surface area (Å²) >= 11 is 2.00. The van der Waals surface area contributed by atoms with Crippen LogP contribution in [0.2, 0.25) is 0 Å². The molecule has 0 spiro atoms. The fraction of sp³-hybridized carbons (Fsp3) is 0.529. The second-order valence-electron chi connectivity index (χ2n) is 6.52. The van der Waals surface area contributed by atoms with Crippen LogP contribution in [0.3, 0.4) is 0 Å². The monoisotopic (exact) mass is 458 g/mol. The molecule has 1 aliphatic heterocycles. The number of carbonyl (C=O) groups excluding carboxylic acids is 2. The van der Waals surface area contributed by atoms with Crippen molar-refractivity contribution in [3.05, 3.63) is 37.4 Å². The number of hydrogen-bond donors (Lipinski definition) is 0. The minimum atomic E-state index is -0.610. The molecule has 1 aromatic carbocycles. The van der Waals surface area contributed by atoms with Crippen molar-refractivity contribution >= 4 is 40.2 Å². The molecule has 2 aliphatic rings. The maximum Gasteiger partial charge on any atom is 0.328 e. The molecule has 1 saturated heterocycles. The van der Waals surface area contributed by atoms with Crippen LogP contribution in [-0.2, 0) is 9.53 Å². The lowest BCUT2D eigenvalue weighted by Crippen LogP contribution is -2.46. The highest BCUT2D eigenvalue weighted by Crippen LogP contribution is 2.41. The molecule has 8 heteroatoms. The van der Waals surface area contributed by atoms with Crippen LogP contribution in [0.1, 0.15) is 42.5 Å². The molecule has 0 N–H and O–H groups in total. The largest absolute Gasteiger partial charge is 0.467 e. The number of nitrogens with zero attached hydrogens (tertiary/aromatic N) is 2. The predicted octanol–water partition coefficient (Wildman–Crippen LogP) is 3.15. The normalized spacial score (nSPS) is 25.4. The number of carbonyl (C=O) groups is 2. The summed E-state index contributed by atoms with van der Waals surface area (Å²) in [7, 11) is 1.32. The number of rotatable bonds is 3. The predicted molar refractivity (Wildman–Crippen MR) is 98.1 cm³/mol. The SMILES string of the molecule is COC(=O)C1CC2CCCCC2N1C(=O)c1cc([N+](=O)[O-])ccc1I. The molecule has 1 amide bonds. The van der Waals surface area contributed by atoms with Crippen LogP contribution in [0.15, 0.2) is 18.2 Å². The molecule has 3 rings (SSSR count). The van der Waals surface area contributed by atoms with E-state index in [0.717, 1.165) is 25.7 Å². The number of benzene rings is 1. The van der Waals surface area contributed by atoms with Crippen molar-refractivity contribution < 1.29 is 19.2 Å². The summed E-state index contributed by atoms with van der Waals surface area (Å²) in [5.41, 5.74) is 0.146. The van der Waals surface area contributed by atoms with Gasteiger partial charge in [-0.1, -0.05) is 12.8 Å². The van der Waals surface area contributed by atoms with Crippen molar-refractivity contribution in [1.29, 1.82) is 0 Å². The first-order valence-electron chi connectivity index (χ1n) is 8.28. The average molecular weight is 458 g/mol. The number of esters is 1. The van der Waals surface area contributed by atoms with Crippen molar-refractivity contribution in [2.45, 2.75) is 44.2 Å². The van der Waals surface area contributed by atoms with Gasteiger partial charge in [-0.2, -0.15) is 0 Å². The van der Waals surface area contributed by atoms with E-state index in [4.69, 9.17) is 4.74 Å². The van der Waals surface area contributed by atoms with E-state index in [1.165, 1.54) is 19.2 Å². The number of nitro groups is 1. The van der Waals surface area contributed by atoms with Gasteiger partial charge in [0.25, 0.3) is 11.6 Å². The molecular formula is C17H19IN2O5. The minimum Gasteiger partial charge on any atom is -0.467 e. The molecule has 1 aliphatic carbocycles. The molecule has 3 unspecified atom stereocenters. The first-order valence-corrected chi connectivity index (χ1v) is 9.36. The van der Waals surface area contributed by atoms with Gasteiger partial charge in [-0.15, -0.1) is 0 Å². The van der Waals surface area contributed by atoms with Crippen molar-refractivity contribution in [2.75, 3.05) is 7.11 Å². The third-order valence-electron chi connectivity index (χ3n) is 5.19. The van der Waals surface area contributed by atoms with Gasteiger partial charge in [0.2, 0.25) is 0 Å². The van der Waals surface area contributed by atoms with E-state index < -0.39 is 16.9 Å². The molecule has 134 valence electrons. The summed E-state index contributed by atoms with van der Waals surface area (Å²) in [6.07, 6.45) is 4.58. The standard InChI is InChI=1S/C17H19IN2O5/c1-25-17(22)15-8-10-4-2-3-5-14(10)19(15)16(21)12-9-11(20(23)24)6-7-13(12)18/h6-7,9-10,14-15H,2-5,8H2,1H3. The Kier molecular flexibility index (Phi) is 5.26. The van der Waals surface area contributed by atoms with Gasteiger partial charge in [-0.25, -0.2) is 4.79 Å². The van der Waals surface area contributed by atoms with Gasteiger partial charge in [-0.05, 0) is 53.8 Å². The Morgan fingerprint density at radius 3 is 2.72 bits per heavy atom. The third kappa shape index (κ3) is 3.36. The van der Waals surface area contributed by atoms with Crippen LogP contribution in [-0.4, -0.2) is 40.9 Å². The van der Waals surface area contributed by atoms with E-state index in [1.807, 2.05) is 22.6 Å². The lowest BCUT2D eigenvalue weighted by Gasteiger charge is -2.33. The number of halogens is 1. The van der Waals surface area contributed by atoms with E-state index in [-0.39, 0.29) is 29.1 Å². The van der Waals surface area contributed by atoms with Crippen molar-refractivity contribution in [1.82, 2.24) is 4.90 Å². The second kappa shape index (κ2) is 7.27. The number of fused-ring (bicyclic) bond motifs is 1. The number of amides is 1. The highest BCUT2D eigenvalue weighted by Gasteiger charge is 2.48. The quantitative estimate of drug-likeness (QED) is 0.301. The van der Waals surface area contributed by atoms with E-state index in [0.29, 0.717) is 9.99 Å². The van der Waals surface area contributed by atoms with E-state index in [1.54, 1.807) is 11.0 Å². The summed E-state index contributed by atoms with van der Waals surface area (Å²) in [6.45, 7) is 0. The third-order valence-corrected chi connectivity index (χ3v) is 6.13. The average Bonchev–Trinajstić information content (AvgIpc) is 3.00. The van der Waals surface area contributed by atoms with Crippen LogP contribution in [0.5, 0.6) is 0 Å². The molecule has 1 aromatic rings. The van der Waals surface area contributed by atoms with Gasteiger partial charge >= 0.3 is 5.97 Å². The van der Waals surface area contributed by atoms with Crippen LogP contribution >= 0.6 is 22.6 Å². The lowest BCUT2D eigenvalue weighted by atomic mass is 9.84. The number of methoxy groups -OCH3 is 1. The Morgan fingerprint density at radius 2 is 2.04 bits per heavy atom. The van der Waals surface area contributed by atoms with Crippen molar-refractivity contribution in [3.63, 3.8) is 0 Å². The molecule has 1 saturated carbocycles. The molecule has 1 heterocycles. The Balaban J connectivity index is 1.99. The van der Waals surface area contributed by atoms with Gasteiger partial charge in [-0.3, -0.25) is 14.9 Å². The highest BCUT2D eigenvalue weighted by molar-refractivity contribution is 14.1. The second-order valence-corrected chi connectivity index (χ2v) is 7.68. The van der Waals surface area contributed by atoms with Crippen LogP contribution < -0.4 is 0 Å². The zero-order chi connectivity index (χ0) is 18.1. The number of nitro benzene ring substituents is 1. The van der Waals surface area contributed by atoms with Crippen LogP contribution in [0.25, 0.3) is 0 Å². The van der Waals surface area contributed by atoms with Gasteiger partial charge in [0.05, 0.1) is 17.6 Å². The number of likely N-dealkylation sites (tertiary alicyclic amines) is 1. The van der Waals surface area contributed by atoms with Crippen molar-refractivity contribution in [3.8, 4) is 0 Å². The molecule has 0 aromatic heterocycles. The lowest BCUT2D eigenvalue weighted by molar-refractivity contribution is -0.384. The topological polar surface area (TPSA) is 89.8 Å². The summed E-state index contributed by atoms with van der Waals surface area (Å²) in [4.78, 5) is 37.6. The van der Waals surface area contributed by atoms with E-state index >= 15 is 0 Å². The Morgan fingerprint density at radius 1 is 1.32 bits per heavy atom. The first kappa shape index (κ1) is 18.1. The minimum absolute atomic E-state index is 0.000382. The Bertz CT molecular complexity index is 723. The Labute approximate surface area is 159 Å². The maximum atomic E-state index is 13.2. The number of non-ortho nitro benzene ring substituents is 1. The maximum absolute atomic E-state index is 13.2. The summed E-state index contributed by atoms with van der Waals surface area (Å²) in [5, 5.41) is 11.1. The zero-order valence-corrected chi connectivity index (χ0v) is 16.0. The zero-order valence-electron chi connectivity index (χ0n) is 13.8. The number of ether oxygens (including phenoxy) is 1. The van der Waals surface area contributed by atoms with Crippen molar-refractivity contribution in [2.24, 2.45) is 5.92 Å². The fourth-order valence-electron chi connectivity index (χ4n) is 4.03. The summed E-state index contributed by atoms with van der Waals surface area (Å²) in [6, 6.07) is 3.63. The molecule has 3 atom stereocenters. The fourth-order valence-corrected chi connectivity index (χ4v) is 4.59. The van der Waals surface area contributed by atoms with Gasteiger partial charge in [0.15, 0.2) is 0 Å². The summed E-state index contributed by atoms with van der Waals surface area (Å²) < 4.78 is 5.54. The first-order chi connectivity index (χ1) is 11.9. The van der Waals surface area contributed by atoms with Gasteiger partial charge in [0.1, 0.15) is 6.04 Å². The van der Waals surface area contributed by atoms with Crippen LogP contribution in [0.4, 0.5) is 5.69 Å². The van der Waals surface area contributed by atoms with E-state index in [9.17, 15) is 19.7 Å². The van der Waals surface area contributed by atoms with E-state index in [2.05, 4.69) is 0 Å². The molecule has 7 nitrogen and oxygen atoms in total. The van der Waals surface area contributed by atoms with Gasteiger partial charge < -0.3 is 9.64 Å². The molecule has 25 heavy (non-hydrogen) atoms. The Hall–Kier alpha value is -1.71. The van der Waals surface area contributed by atoms with Gasteiger partial charge in [0, 0.05) is 21.7 Å². The number of hydrogen-bond acceptors (Lipinski definition) is 5. The molecule has 2 fully saturated rings. The smallest absolute Gasteiger partial charge is 0.328 e. The molecule has 0 radical (unpaired) electrons. The highest BCUT2D eigenvalue weighted by atomic mass is 127. The summed E-state index contributed by atoms with van der Waals surface area (Å²) in [5.74, 6) is -0.445. The molecular weight excluding hydrogens is 439 g/mol.